The third kappa shape index (κ3) is 3.13. The highest BCUT2D eigenvalue weighted by Crippen LogP contribution is 2.21. The minimum atomic E-state index is -0.586. The topological polar surface area (TPSA) is 116 Å². The van der Waals surface area contributed by atoms with Crippen molar-refractivity contribution in [1.82, 2.24) is 9.97 Å². The molecule has 0 radical (unpaired) electrons. The van der Waals surface area contributed by atoms with E-state index in [1.165, 1.54) is 11.1 Å². The first-order chi connectivity index (χ1) is 11.6. The number of H-pyrrole nitrogens is 1. The van der Waals surface area contributed by atoms with Crippen molar-refractivity contribution in [3.8, 4) is 6.07 Å². The molecule has 2 aromatic rings. The Labute approximate surface area is 138 Å². The number of hydrogen-bond donors (Lipinski definition) is 2. The number of primary amides is 1. The molecule has 0 saturated carbocycles. The number of carbonyl (C=O) groups is 1. The number of carbonyl (C=O) groups excluding carboxylic acids is 1. The molecule has 1 aliphatic heterocycles. The first-order valence-corrected chi connectivity index (χ1v) is 7.72. The maximum absolute atomic E-state index is 12.1. The zero-order valence-electron chi connectivity index (χ0n) is 13.1. The molecule has 122 valence electrons. The van der Waals surface area contributed by atoms with Crippen LogP contribution in [-0.4, -0.2) is 29.0 Å². The Morgan fingerprint density at radius 3 is 2.46 bits per heavy atom. The van der Waals surface area contributed by atoms with Crippen LogP contribution in [0.3, 0.4) is 0 Å². The zero-order valence-corrected chi connectivity index (χ0v) is 13.1. The van der Waals surface area contributed by atoms with Gasteiger partial charge in [-0.2, -0.15) is 5.26 Å². The normalized spacial score (nSPS) is 13.7. The lowest BCUT2D eigenvalue weighted by Crippen LogP contribution is -2.32. The molecule has 1 aromatic carbocycles. The summed E-state index contributed by atoms with van der Waals surface area (Å²) in [5.41, 5.74) is 7.13. The molecule has 7 heteroatoms. The number of aromatic nitrogens is 2. The lowest BCUT2D eigenvalue weighted by atomic mass is 10.0. The van der Waals surface area contributed by atoms with Crippen LogP contribution < -0.4 is 16.2 Å². The summed E-state index contributed by atoms with van der Waals surface area (Å²) in [6, 6.07) is 10.1. The summed E-state index contributed by atoms with van der Waals surface area (Å²) >= 11 is 0. The van der Waals surface area contributed by atoms with Crippen LogP contribution in [0.1, 0.15) is 22.5 Å². The van der Waals surface area contributed by atoms with Crippen molar-refractivity contribution in [2.45, 2.75) is 19.3 Å². The van der Waals surface area contributed by atoms with Crippen molar-refractivity contribution >= 4 is 11.7 Å². The Morgan fingerprint density at radius 2 is 1.92 bits per heavy atom. The van der Waals surface area contributed by atoms with Crippen LogP contribution in [0.2, 0.25) is 0 Å². The number of benzene rings is 1. The smallest absolute Gasteiger partial charge is 0.271 e. The van der Waals surface area contributed by atoms with Crippen LogP contribution in [0, 0.1) is 11.3 Å². The fourth-order valence-electron chi connectivity index (χ4n) is 2.96. The van der Waals surface area contributed by atoms with Gasteiger partial charge in [0.2, 0.25) is 5.91 Å². The van der Waals surface area contributed by atoms with Gasteiger partial charge in [-0.3, -0.25) is 9.59 Å². The Balaban J connectivity index is 1.97. The van der Waals surface area contributed by atoms with Crippen molar-refractivity contribution in [3.63, 3.8) is 0 Å². The SMILES string of the molecule is N#Cc1c(N2CCc3ccccc3CC2)nc(CC(N)=O)[nH]c1=O. The fraction of sp³-hybridized carbons (Fsp3) is 0.294. The average Bonchev–Trinajstić information content (AvgIpc) is 2.76. The predicted molar refractivity (Wildman–Crippen MR) is 88.5 cm³/mol. The van der Waals surface area contributed by atoms with Crippen molar-refractivity contribution in [2.75, 3.05) is 18.0 Å². The van der Waals surface area contributed by atoms with E-state index in [-0.39, 0.29) is 17.8 Å². The molecule has 0 unspecified atom stereocenters. The molecule has 0 atom stereocenters. The summed E-state index contributed by atoms with van der Waals surface area (Å²) in [6.45, 7) is 1.30. The lowest BCUT2D eigenvalue weighted by Gasteiger charge is -2.22. The number of nitrogens with one attached hydrogen (secondary N) is 1. The van der Waals surface area contributed by atoms with E-state index in [4.69, 9.17) is 5.73 Å². The molecule has 1 amide bonds. The highest BCUT2D eigenvalue weighted by molar-refractivity contribution is 5.75. The first-order valence-electron chi connectivity index (χ1n) is 7.72. The minimum absolute atomic E-state index is 0.0332. The summed E-state index contributed by atoms with van der Waals surface area (Å²) in [5, 5.41) is 9.32. The summed E-state index contributed by atoms with van der Waals surface area (Å²) < 4.78 is 0. The van der Waals surface area contributed by atoms with Crippen LogP contribution in [0.15, 0.2) is 29.1 Å². The second kappa shape index (κ2) is 6.54. The molecule has 0 aliphatic carbocycles. The van der Waals surface area contributed by atoms with Gasteiger partial charge in [0.15, 0.2) is 11.4 Å². The molecule has 0 bridgehead atoms. The van der Waals surface area contributed by atoms with Crippen molar-refractivity contribution in [1.29, 1.82) is 5.26 Å². The number of nitriles is 1. The molecule has 0 saturated heterocycles. The summed E-state index contributed by atoms with van der Waals surface area (Å²) in [5.74, 6) is -0.0781. The number of anilines is 1. The summed E-state index contributed by atoms with van der Waals surface area (Å²) in [4.78, 5) is 31.9. The second-order valence-corrected chi connectivity index (χ2v) is 5.72. The summed E-state index contributed by atoms with van der Waals surface area (Å²) in [7, 11) is 0. The van der Waals surface area contributed by atoms with E-state index in [0.717, 1.165) is 12.8 Å². The van der Waals surface area contributed by atoms with E-state index in [0.29, 0.717) is 18.9 Å². The molecule has 2 heterocycles. The Hall–Kier alpha value is -3.14. The number of nitrogens with two attached hydrogens (primary N) is 1. The Bertz CT molecular complexity index is 854. The molecule has 24 heavy (non-hydrogen) atoms. The average molecular weight is 323 g/mol. The largest absolute Gasteiger partial charge is 0.369 e. The molecule has 1 aromatic heterocycles. The van der Waals surface area contributed by atoms with Crippen LogP contribution in [-0.2, 0) is 24.1 Å². The number of hydrogen-bond acceptors (Lipinski definition) is 5. The van der Waals surface area contributed by atoms with E-state index in [1.54, 1.807) is 0 Å². The molecular formula is C17H17N5O2. The molecule has 0 fully saturated rings. The van der Waals surface area contributed by atoms with Gasteiger partial charge in [0.05, 0.1) is 6.42 Å². The fourth-order valence-corrected chi connectivity index (χ4v) is 2.96. The minimum Gasteiger partial charge on any atom is -0.369 e. The maximum Gasteiger partial charge on any atom is 0.271 e. The number of rotatable bonds is 3. The quantitative estimate of drug-likeness (QED) is 0.841. The lowest BCUT2D eigenvalue weighted by molar-refractivity contribution is -0.117. The van der Waals surface area contributed by atoms with E-state index >= 15 is 0 Å². The predicted octanol–water partition coefficient (Wildman–Crippen LogP) is 0.275. The van der Waals surface area contributed by atoms with Gasteiger partial charge >= 0.3 is 0 Å². The van der Waals surface area contributed by atoms with Gasteiger partial charge in [-0.15, -0.1) is 0 Å². The molecular weight excluding hydrogens is 306 g/mol. The van der Waals surface area contributed by atoms with Gasteiger partial charge in [-0.1, -0.05) is 24.3 Å². The molecule has 1 aliphatic rings. The van der Waals surface area contributed by atoms with Gasteiger partial charge in [0.25, 0.3) is 5.56 Å². The number of nitrogens with zero attached hydrogens (tertiary/aromatic N) is 3. The van der Waals surface area contributed by atoms with Gasteiger partial charge in [-0.25, -0.2) is 4.98 Å². The number of fused-ring (bicyclic) bond motifs is 1. The van der Waals surface area contributed by atoms with E-state index in [9.17, 15) is 14.9 Å². The summed E-state index contributed by atoms with van der Waals surface area (Å²) in [6.07, 6.45) is 1.45. The number of amides is 1. The second-order valence-electron chi connectivity index (χ2n) is 5.72. The van der Waals surface area contributed by atoms with Gasteiger partial charge in [-0.05, 0) is 24.0 Å². The standard InChI is InChI=1S/C17H17N5O2/c18-10-13-16(20-15(9-14(19)23)21-17(13)24)22-7-5-11-3-1-2-4-12(11)6-8-22/h1-4H,5-9H2,(H2,19,23)(H,20,21,24). The first kappa shape index (κ1) is 15.7. The zero-order chi connectivity index (χ0) is 17.1. The van der Waals surface area contributed by atoms with Gasteiger partial charge < -0.3 is 15.6 Å². The third-order valence-corrected chi connectivity index (χ3v) is 4.12. The van der Waals surface area contributed by atoms with Crippen LogP contribution in [0.25, 0.3) is 0 Å². The molecule has 7 nitrogen and oxygen atoms in total. The molecule has 3 N–H and O–H groups in total. The van der Waals surface area contributed by atoms with Crippen molar-refractivity contribution < 1.29 is 4.79 Å². The monoisotopic (exact) mass is 323 g/mol. The van der Waals surface area contributed by atoms with Gasteiger partial charge in [0.1, 0.15) is 11.9 Å². The van der Waals surface area contributed by atoms with E-state index in [2.05, 4.69) is 22.1 Å². The highest BCUT2D eigenvalue weighted by Gasteiger charge is 2.21. The Kier molecular flexibility index (Phi) is 4.29. The van der Waals surface area contributed by atoms with Crippen molar-refractivity contribution in [2.24, 2.45) is 5.73 Å². The highest BCUT2D eigenvalue weighted by atomic mass is 16.1. The molecule has 0 spiro atoms. The van der Waals surface area contributed by atoms with E-state index in [1.807, 2.05) is 23.1 Å². The van der Waals surface area contributed by atoms with Crippen LogP contribution >= 0.6 is 0 Å². The van der Waals surface area contributed by atoms with Crippen LogP contribution in [0.5, 0.6) is 0 Å². The van der Waals surface area contributed by atoms with Crippen LogP contribution in [0.4, 0.5) is 5.82 Å². The third-order valence-electron chi connectivity index (χ3n) is 4.12. The maximum atomic E-state index is 12.1. The van der Waals surface area contributed by atoms with E-state index < -0.39 is 11.5 Å². The Morgan fingerprint density at radius 1 is 1.29 bits per heavy atom. The van der Waals surface area contributed by atoms with Crippen molar-refractivity contribution in [3.05, 3.63) is 57.1 Å². The number of aromatic amines is 1. The molecule has 3 rings (SSSR count). The van der Waals surface area contributed by atoms with Gasteiger partial charge in [0, 0.05) is 13.1 Å².